The molecule has 1 aliphatic rings. The molecular formula is C19H24N2O2. The summed E-state index contributed by atoms with van der Waals surface area (Å²) in [5.41, 5.74) is 3.03. The number of ether oxygens (including phenoxy) is 1. The molecule has 0 fully saturated rings. The van der Waals surface area contributed by atoms with Crippen molar-refractivity contribution in [3.63, 3.8) is 0 Å². The van der Waals surface area contributed by atoms with Gasteiger partial charge >= 0.3 is 0 Å². The Kier molecular flexibility index (Phi) is 6.63. The molecule has 1 aliphatic heterocycles. The van der Waals surface area contributed by atoms with Gasteiger partial charge in [0.1, 0.15) is 12.4 Å². The van der Waals surface area contributed by atoms with Crippen LogP contribution in [0.5, 0.6) is 5.75 Å². The van der Waals surface area contributed by atoms with Crippen LogP contribution >= 0.6 is 0 Å². The molecule has 4 heteroatoms. The van der Waals surface area contributed by atoms with Gasteiger partial charge in [0, 0.05) is 25.2 Å². The lowest BCUT2D eigenvalue weighted by molar-refractivity contribution is 0.0966. The molecule has 0 saturated carbocycles. The van der Waals surface area contributed by atoms with E-state index in [1.807, 2.05) is 50.2 Å². The summed E-state index contributed by atoms with van der Waals surface area (Å²) in [7, 11) is 0. The Balaban J connectivity index is 0.000000924. The largest absolute Gasteiger partial charge is 0.492 e. The van der Waals surface area contributed by atoms with Crippen molar-refractivity contribution in [2.75, 3.05) is 13.2 Å². The van der Waals surface area contributed by atoms with E-state index in [9.17, 15) is 4.79 Å². The first-order valence-electron chi connectivity index (χ1n) is 8.11. The van der Waals surface area contributed by atoms with Gasteiger partial charge in [0.15, 0.2) is 0 Å². The van der Waals surface area contributed by atoms with E-state index in [2.05, 4.69) is 22.8 Å². The van der Waals surface area contributed by atoms with E-state index in [-0.39, 0.29) is 5.91 Å². The summed E-state index contributed by atoms with van der Waals surface area (Å²) < 4.78 is 5.70. The average Bonchev–Trinajstić information content (AvgIpc) is 2.98. The monoisotopic (exact) mass is 312 g/mol. The van der Waals surface area contributed by atoms with Crippen LogP contribution in [0.4, 0.5) is 0 Å². The highest BCUT2D eigenvalue weighted by atomic mass is 16.5. The fourth-order valence-corrected chi connectivity index (χ4v) is 2.37. The molecule has 2 N–H and O–H groups in total. The number of rotatable bonds is 6. The first kappa shape index (κ1) is 17.0. The van der Waals surface area contributed by atoms with E-state index < -0.39 is 0 Å². The van der Waals surface area contributed by atoms with Crippen molar-refractivity contribution in [1.82, 2.24) is 10.6 Å². The van der Waals surface area contributed by atoms with Crippen LogP contribution in [-0.4, -0.2) is 19.1 Å². The maximum Gasteiger partial charge on any atom is 0.251 e. The Labute approximate surface area is 137 Å². The third-order valence-electron chi connectivity index (χ3n) is 3.48. The standard InChI is InChI=1S/C17H18N2O2.C2H6/c20-17-16-7-6-15(10-14(16)12-19-17)21-9-8-18-11-13-4-2-1-3-5-13;1-2/h1-7,10,18H,8-9,11-12H2,(H,19,20);1-2H3. The van der Waals surface area contributed by atoms with Crippen LogP contribution in [0.15, 0.2) is 48.5 Å². The Morgan fingerprint density at radius 1 is 1.13 bits per heavy atom. The van der Waals surface area contributed by atoms with Crippen LogP contribution in [0.3, 0.4) is 0 Å². The number of fused-ring (bicyclic) bond motifs is 1. The summed E-state index contributed by atoms with van der Waals surface area (Å²) in [5, 5.41) is 6.14. The van der Waals surface area contributed by atoms with Crippen LogP contribution < -0.4 is 15.4 Å². The van der Waals surface area contributed by atoms with Crippen LogP contribution in [0.1, 0.15) is 35.3 Å². The summed E-state index contributed by atoms with van der Waals surface area (Å²) >= 11 is 0. The summed E-state index contributed by atoms with van der Waals surface area (Å²) in [5.74, 6) is 0.813. The molecule has 0 unspecified atom stereocenters. The molecule has 1 amide bonds. The van der Waals surface area contributed by atoms with Gasteiger partial charge in [-0.3, -0.25) is 4.79 Å². The molecule has 4 nitrogen and oxygen atoms in total. The number of benzene rings is 2. The molecular weight excluding hydrogens is 288 g/mol. The van der Waals surface area contributed by atoms with Crippen molar-refractivity contribution in [2.45, 2.75) is 26.9 Å². The van der Waals surface area contributed by atoms with E-state index in [0.29, 0.717) is 13.2 Å². The lowest BCUT2D eigenvalue weighted by Gasteiger charge is -2.08. The normalized spacial score (nSPS) is 12.0. The van der Waals surface area contributed by atoms with Gasteiger partial charge in [0.2, 0.25) is 0 Å². The fraction of sp³-hybridized carbons (Fsp3) is 0.316. The van der Waals surface area contributed by atoms with Crippen molar-refractivity contribution in [2.24, 2.45) is 0 Å². The topological polar surface area (TPSA) is 50.4 Å². The summed E-state index contributed by atoms with van der Waals surface area (Å²) in [6.07, 6.45) is 0. The van der Waals surface area contributed by atoms with Gasteiger partial charge in [0.25, 0.3) is 5.91 Å². The second-order valence-corrected chi connectivity index (χ2v) is 5.01. The molecule has 0 spiro atoms. The summed E-state index contributed by atoms with van der Waals surface area (Å²) in [6.45, 7) is 6.82. The second-order valence-electron chi connectivity index (χ2n) is 5.01. The molecule has 23 heavy (non-hydrogen) atoms. The lowest BCUT2D eigenvalue weighted by atomic mass is 10.1. The first-order chi connectivity index (χ1) is 11.3. The Morgan fingerprint density at radius 3 is 2.70 bits per heavy atom. The quantitative estimate of drug-likeness (QED) is 0.806. The van der Waals surface area contributed by atoms with Crippen LogP contribution in [0, 0.1) is 0 Å². The van der Waals surface area contributed by atoms with Gasteiger partial charge in [0.05, 0.1) is 0 Å². The third-order valence-corrected chi connectivity index (χ3v) is 3.48. The van der Waals surface area contributed by atoms with E-state index in [1.54, 1.807) is 0 Å². The molecule has 0 aliphatic carbocycles. The predicted molar refractivity (Wildman–Crippen MR) is 92.6 cm³/mol. The minimum atomic E-state index is 0.000998. The van der Waals surface area contributed by atoms with Gasteiger partial charge < -0.3 is 15.4 Å². The van der Waals surface area contributed by atoms with Crippen LogP contribution in [0.2, 0.25) is 0 Å². The fourth-order valence-electron chi connectivity index (χ4n) is 2.37. The maximum atomic E-state index is 11.4. The number of amides is 1. The number of carbonyl (C=O) groups is 1. The average molecular weight is 312 g/mol. The Morgan fingerprint density at radius 2 is 1.91 bits per heavy atom. The minimum Gasteiger partial charge on any atom is -0.492 e. The molecule has 122 valence electrons. The van der Waals surface area contributed by atoms with Crippen LogP contribution in [-0.2, 0) is 13.1 Å². The van der Waals surface area contributed by atoms with Gasteiger partial charge in [-0.25, -0.2) is 0 Å². The molecule has 3 rings (SSSR count). The zero-order chi connectivity index (χ0) is 16.5. The minimum absolute atomic E-state index is 0.000998. The smallest absolute Gasteiger partial charge is 0.251 e. The SMILES string of the molecule is CC.O=C1NCc2cc(OCCNCc3ccccc3)ccc21. The molecule has 0 atom stereocenters. The highest BCUT2D eigenvalue weighted by molar-refractivity contribution is 5.98. The number of nitrogens with one attached hydrogen (secondary N) is 2. The second kappa shape index (κ2) is 8.96. The lowest BCUT2D eigenvalue weighted by Crippen LogP contribution is -2.20. The van der Waals surface area contributed by atoms with E-state index in [4.69, 9.17) is 4.74 Å². The Hall–Kier alpha value is -2.33. The summed E-state index contributed by atoms with van der Waals surface area (Å²) in [6, 6.07) is 15.9. The first-order valence-corrected chi connectivity index (χ1v) is 8.11. The summed E-state index contributed by atoms with van der Waals surface area (Å²) in [4.78, 5) is 11.4. The van der Waals surface area contributed by atoms with Crippen molar-refractivity contribution in [3.8, 4) is 5.75 Å². The molecule has 2 aromatic carbocycles. The highest BCUT2D eigenvalue weighted by Crippen LogP contribution is 2.21. The van der Waals surface area contributed by atoms with E-state index >= 15 is 0 Å². The van der Waals surface area contributed by atoms with Gasteiger partial charge in [-0.2, -0.15) is 0 Å². The highest BCUT2D eigenvalue weighted by Gasteiger charge is 2.18. The zero-order valence-electron chi connectivity index (χ0n) is 13.8. The van der Waals surface area contributed by atoms with E-state index in [1.165, 1.54) is 5.56 Å². The van der Waals surface area contributed by atoms with E-state index in [0.717, 1.165) is 30.0 Å². The third kappa shape index (κ3) is 4.83. The molecule has 0 aromatic heterocycles. The number of hydrogen-bond donors (Lipinski definition) is 2. The molecule has 1 heterocycles. The van der Waals surface area contributed by atoms with Crippen molar-refractivity contribution in [3.05, 3.63) is 65.2 Å². The molecule has 2 aromatic rings. The van der Waals surface area contributed by atoms with Gasteiger partial charge in [-0.15, -0.1) is 0 Å². The van der Waals surface area contributed by atoms with Gasteiger partial charge in [-0.1, -0.05) is 44.2 Å². The predicted octanol–water partition coefficient (Wildman–Crippen LogP) is 3.12. The zero-order valence-corrected chi connectivity index (χ0v) is 13.8. The van der Waals surface area contributed by atoms with Gasteiger partial charge in [-0.05, 0) is 29.3 Å². The maximum absolute atomic E-state index is 11.4. The molecule has 0 bridgehead atoms. The number of carbonyl (C=O) groups excluding carboxylic acids is 1. The molecule has 0 saturated heterocycles. The van der Waals surface area contributed by atoms with Crippen LogP contribution in [0.25, 0.3) is 0 Å². The van der Waals surface area contributed by atoms with Crippen molar-refractivity contribution in [1.29, 1.82) is 0 Å². The molecule has 0 radical (unpaired) electrons. The Bertz CT molecular complexity index is 627. The number of hydrogen-bond acceptors (Lipinski definition) is 3. The van der Waals surface area contributed by atoms with Crippen molar-refractivity contribution < 1.29 is 9.53 Å². The van der Waals surface area contributed by atoms with Crippen molar-refractivity contribution >= 4 is 5.91 Å².